The van der Waals surface area contributed by atoms with Gasteiger partial charge in [0.05, 0.1) is 23.3 Å². The van der Waals surface area contributed by atoms with E-state index in [0.29, 0.717) is 0 Å². The summed E-state index contributed by atoms with van der Waals surface area (Å²) in [6.07, 6.45) is 0. The number of hydrogen-bond donors (Lipinski definition) is 3. The van der Waals surface area contributed by atoms with Gasteiger partial charge in [-0.05, 0) is 42.5 Å². The van der Waals surface area contributed by atoms with E-state index in [9.17, 15) is 0 Å². The van der Waals surface area contributed by atoms with Crippen molar-refractivity contribution in [3.8, 4) is 0 Å². The Morgan fingerprint density at radius 1 is 0.846 bits per heavy atom. The molecule has 2 aliphatic heterocycles. The first kappa shape index (κ1) is 15.3. The Morgan fingerprint density at radius 3 is 2.23 bits per heavy atom. The molecule has 6 nitrogen and oxygen atoms in total. The van der Waals surface area contributed by atoms with Crippen LogP contribution in [0.5, 0.6) is 0 Å². The van der Waals surface area contributed by atoms with Crippen LogP contribution in [0.2, 0.25) is 0 Å². The third kappa shape index (κ3) is 2.90. The number of fused-ring (bicyclic) bond motifs is 1. The van der Waals surface area contributed by atoms with Crippen molar-refractivity contribution >= 4 is 44.0 Å². The van der Waals surface area contributed by atoms with Crippen LogP contribution in [0.4, 0.5) is 10.8 Å². The highest BCUT2D eigenvalue weighted by Crippen LogP contribution is 2.29. The summed E-state index contributed by atoms with van der Waals surface area (Å²) in [6.45, 7) is 3.54. The summed E-state index contributed by atoms with van der Waals surface area (Å²) in [7, 11) is 0. The van der Waals surface area contributed by atoms with Gasteiger partial charge in [-0.3, -0.25) is 9.98 Å². The minimum absolute atomic E-state index is 0.848. The van der Waals surface area contributed by atoms with Crippen LogP contribution in [0.25, 0.3) is 10.2 Å². The molecular formula is C19H18N6S. The van der Waals surface area contributed by atoms with Gasteiger partial charge in [-0.2, -0.15) is 0 Å². The molecule has 0 fully saturated rings. The normalized spacial score (nSPS) is 16.2. The van der Waals surface area contributed by atoms with Gasteiger partial charge >= 0.3 is 0 Å². The fraction of sp³-hybridized carbons (Fsp3) is 0.211. The highest BCUT2D eigenvalue weighted by atomic mass is 32.1. The topological polar surface area (TPSA) is 73.7 Å². The Hall–Kier alpha value is -2.93. The molecule has 1 aromatic heterocycles. The Morgan fingerprint density at radius 2 is 1.54 bits per heavy atom. The minimum Gasteiger partial charge on any atom is -0.368 e. The summed E-state index contributed by atoms with van der Waals surface area (Å²) < 4.78 is 1.16. The Labute approximate surface area is 155 Å². The smallest absolute Gasteiger partial charge is 0.188 e. The summed E-state index contributed by atoms with van der Waals surface area (Å²) in [4.78, 5) is 13.6. The molecule has 3 heterocycles. The maximum atomic E-state index is 4.69. The molecule has 0 saturated heterocycles. The molecule has 0 atom stereocenters. The SMILES string of the molecule is c1cc(C2=NCCN2)ccc1Nc1nc2ccc(C3=NCCN3)cc2s1. The molecule has 0 bridgehead atoms. The van der Waals surface area contributed by atoms with E-state index in [4.69, 9.17) is 0 Å². The van der Waals surface area contributed by atoms with E-state index >= 15 is 0 Å². The van der Waals surface area contributed by atoms with Gasteiger partial charge in [0, 0.05) is 29.9 Å². The molecule has 0 spiro atoms. The third-order valence-electron chi connectivity index (χ3n) is 4.42. The lowest BCUT2D eigenvalue weighted by Gasteiger charge is -2.05. The molecule has 130 valence electrons. The highest BCUT2D eigenvalue weighted by molar-refractivity contribution is 7.22. The van der Waals surface area contributed by atoms with Gasteiger partial charge in [0.15, 0.2) is 5.13 Å². The molecule has 0 unspecified atom stereocenters. The second-order valence-electron chi connectivity index (χ2n) is 6.22. The zero-order valence-electron chi connectivity index (χ0n) is 14.1. The number of hydrogen-bond acceptors (Lipinski definition) is 7. The second-order valence-corrected chi connectivity index (χ2v) is 7.25. The lowest BCUT2D eigenvalue weighted by Crippen LogP contribution is -2.19. The van der Waals surface area contributed by atoms with Gasteiger partial charge in [-0.1, -0.05) is 11.3 Å². The van der Waals surface area contributed by atoms with Crippen molar-refractivity contribution in [1.82, 2.24) is 15.6 Å². The number of anilines is 2. The van der Waals surface area contributed by atoms with Gasteiger partial charge in [0.25, 0.3) is 0 Å². The summed E-state index contributed by atoms with van der Waals surface area (Å²) in [5.41, 5.74) is 4.26. The van der Waals surface area contributed by atoms with Crippen molar-refractivity contribution in [3.05, 3.63) is 53.6 Å². The van der Waals surface area contributed by atoms with Crippen LogP contribution in [-0.4, -0.2) is 42.8 Å². The zero-order valence-corrected chi connectivity index (χ0v) is 14.9. The van der Waals surface area contributed by atoms with Crippen LogP contribution in [-0.2, 0) is 0 Å². The molecule has 0 aliphatic carbocycles. The van der Waals surface area contributed by atoms with Crippen LogP contribution < -0.4 is 16.0 Å². The second kappa shape index (κ2) is 6.42. The number of aromatic nitrogens is 1. The number of nitrogens with one attached hydrogen (secondary N) is 3. The van der Waals surface area contributed by atoms with Crippen molar-refractivity contribution < 1.29 is 0 Å². The maximum absolute atomic E-state index is 4.69. The van der Waals surface area contributed by atoms with Crippen LogP contribution in [0.1, 0.15) is 11.1 Å². The van der Waals surface area contributed by atoms with Crippen LogP contribution >= 0.6 is 11.3 Å². The van der Waals surface area contributed by atoms with Crippen LogP contribution in [0, 0.1) is 0 Å². The van der Waals surface area contributed by atoms with E-state index in [2.05, 4.69) is 73.4 Å². The van der Waals surface area contributed by atoms with Gasteiger partial charge in [0.2, 0.25) is 0 Å². The van der Waals surface area contributed by atoms with Gasteiger partial charge < -0.3 is 16.0 Å². The van der Waals surface area contributed by atoms with Crippen LogP contribution in [0.3, 0.4) is 0 Å². The zero-order chi connectivity index (χ0) is 17.3. The van der Waals surface area contributed by atoms with E-state index in [-0.39, 0.29) is 0 Å². The lowest BCUT2D eigenvalue weighted by atomic mass is 10.2. The molecule has 2 aromatic carbocycles. The van der Waals surface area contributed by atoms with Crippen molar-refractivity contribution in [2.45, 2.75) is 0 Å². The van der Waals surface area contributed by atoms with Gasteiger partial charge in [0.1, 0.15) is 11.7 Å². The van der Waals surface area contributed by atoms with E-state index in [1.54, 1.807) is 11.3 Å². The molecule has 0 saturated carbocycles. The van der Waals surface area contributed by atoms with Crippen molar-refractivity contribution in [2.75, 3.05) is 31.5 Å². The van der Waals surface area contributed by atoms with Crippen molar-refractivity contribution in [1.29, 1.82) is 0 Å². The van der Waals surface area contributed by atoms with E-state index in [0.717, 1.165) is 70.0 Å². The summed E-state index contributed by atoms with van der Waals surface area (Å²) in [5.74, 6) is 1.96. The molecule has 7 heteroatoms. The average molecular weight is 362 g/mol. The molecule has 5 rings (SSSR count). The molecule has 2 aliphatic rings. The minimum atomic E-state index is 0.848. The fourth-order valence-electron chi connectivity index (χ4n) is 3.14. The van der Waals surface area contributed by atoms with Crippen LogP contribution in [0.15, 0.2) is 52.4 Å². The van der Waals surface area contributed by atoms with E-state index in [1.165, 1.54) is 0 Å². The van der Waals surface area contributed by atoms with Gasteiger partial charge in [-0.15, -0.1) is 0 Å². The summed E-state index contributed by atoms with van der Waals surface area (Å²) >= 11 is 1.65. The van der Waals surface area contributed by atoms with E-state index < -0.39 is 0 Å². The molecule has 0 amide bonds. The molecular weight excluding hydrogens is 344 g/mol. The largest absolute Gasteiger partial charge is 0.368 e. The standard InChI is InChI=1S/C19H18N6S/c1-4-14(5-2-12(1)17-20-7-8-21-17)24-19-25-15-6-3-13(11-16(15)26-19)18-22-9-10-23-18/h1-6,11H,7-10H2,(H,20,21)(H,22,23)(H,24,25). The summed E-state index contributed by atoms with van der Waals surface area (Å²) in [6, 6.07) is 14.6. The van der Waals surface area contributed by atoms with Crippen molar-refractivity contribution in [3.63, 3.8) is 0 Å². The quantitative estimate of drug-likeness (QED) is 0.667. The number of aliphatic imine (C=N–C) groups is 2. The fourth-order valence-corrected chi connectivity index (χ4v) is 4.07. The average Bonchev–Trinajstić information content (AvgIpc) is 3.42. The molecule has 3 N–H and O–H groups in total. The first-order chi connectivity index (χ1) is 12.8. The molecule has 0 radical (unpaired) electrons. The molecule has 3 aromatic rings. The summed E-state index contributed by atoms with van der Waals surface area (Å²) in [5, 5.41) is 10.9. The third-order valence-corrected chi connectivity index (χ3v) is 5.35. The number of thiazole rings is 1. The monoisotopic (exact) mass is 362 g/mol. The first-order valence-corrected chi connectivity index (χ1v) is 9.52. The number of nitrogens with zero attached hydrogens (tertiary/aromatic N) is 3. The number of rotatable bonds is 4. The predicted molar refractivity (Wildman–Crippen MR) is 108 cm³/mol. The number of amidine groups is 2. The Bertz CT molecular complexity index is 1020. The Kier molecular flexibility index (Phi) is 3.79. The van der Waals surface area contributed by atoms with Gasteiger partial charge in [-0.25, -0.2) is 4.98 Å². The highest BCUT2D eigenvalue weighted by Gasteiger charge is 2.11. The number of benzene rings is 2. The molecule has 26 heavy (non-hydrogen) atoms. The predicted octanol–water partition coefficient (Wildman–Crippen LogP) is 2.74. The first-order valence-electron chi connectivity index (χ1n) is 8.70. The maximum Gasteiger partial charge on any atom is 0.188 e. The van der Waals surface area contributed by atoms with E-state index in [1.807, 2.05) is 0 Å². The van der Waals surface area contributed by atoms with Crippen molar-refractivity contribution in [2.24, 2.45) is 9.98 Å². The Balaban J connectivity index is 1.37. The lowest BCUT2D eigenvalue weighted by molar-refractivity contribution is 0.960.